The fourth-order valence-corrected chi connectivity index (χ4v) is 3.58. The first-order chi connectivity index (χ1) is 12.9. The number of piperidine rings is 1. The number of hydrogen-bond donors (Lipinski definition) is 1. The Morgan fingerprint density at radius 2 is 1.73 bits per heavy atom. The molecule has 0 amide bonds. The van der Waals surface area contributed by atoms with Gasteiger partial charge in [-0.25, -0.2) is 0 Å². The third kappa shape index (κ3) is 5.45. The average Bonchev–Trinajstić information content (AvgIpc) is 2.72. The van der Waals surface area contributed by atoms with Crippen molar-refractivity contribution >= 4 is 6.08 Å². The minimum Gasteiger partial charge on any atom is -0.497 e. The van der Waals surface area contributed by atoms with Crippen molar-refractivity contribution in [3.8, 4) is 5.75 Å². The van der Waals surface area contributed by atoms with E-state index in [1.165, 1.54) is 43.5 Å². The van der Waals surface area contributed by atoms with E-state index in [9.17, 15) is 0 Å². The number of benzene rings is 2. The maximum atomic E-state index is 5.31. The van der Waals surface area contributed by atoms with E-state index in [0.29, 0.717) is 6.04 Å². The van der Waals surface area contributed by atoms with Gasteiger partial charge in [-0.1, -0.05) is 61.0 Å². The highest BCUT2D eigenvalue weighted by Crippen LogP contribution is 2.25. The molecule has 0 aromatic heterocycles. The number of ether oxygens (including phenoxy) is 1. The summed E-state index contributed by atoms with van der Waals surface area (Å²) in [6.07, 6.45) is 8.35. The third-order valence-corrected chi connectivity index (χ3v) is 5.04. The van der Waals surface area contributed by atoms with Crippen LogP contribution >= 0.6 is 0 Å². The molecule has 138 valence electrons. The number of hydrogen-bond acceptors (Lipinski definition) is 3. The molecule has 1 heterocycles. The van der Waals surface area contributed by atoms with Crippen LogP contribution in [0.2, 0.25) is 0 Å². The fraction of sp³-hybridized carbons (Fsp3) is 0.391. The van der Waals surface area contributed by atoms with Crippen LogP contribution in [-0.4, -0.2) is 38.2 Å². The van der Waals surface area contributed by atoms with Crippen LogP contribution in [0.1, 0.15) is 36.4 Å². The molecule has 0 aliphatic carbocycles. The Hall–Kier alpha value is -2.10. The molecule has 1 unspecified atom stereocenters. The van der Waals surface area contributed by atoms with Gasteiger partial charge >= 0.3 is 0 Å². The summed E-state index contributed by atoms with van der Waals surface area (Å²) in [5.74, 6) is 0.921. The van der Waals surface area contributed by atoms with Gasteiger partial charge in [-0.15, -0.1) is 0 Å². The molecule has 1 atom stereocenters. The molecule has 1 aliphatic heterocycles. The van der Waals surface area contributed by atoms with Crippen LogP contribution < -0.4 is 10.1 Å². The van der Waals surface area contributed by atoms with Crippen molar-refractivity contribution in [3.63, 3.8) is 0 Å². The largest absolute Gasteiger partial charge is 0.497 e. The highest BCUT2D eigenvalue weighted by molar-refractivity contribution is 5.48. The Morgan fingerprint density at radius 3 is 2.42 bits per heavy atom. The predicted octanol–water partition coefficient (Wildman–Crippen LogP) is 4.53. The van der Waals surface area contributed by atoms with Gasteiger partial charge in [0.25, 0.3) is 0 Å². The van der Waals surface area contributed by atoms with E-state index in [2.05, 4.69) is 70.9 Å². The van der Waals surface area contributed by atoms with Crippen LogP contribution in [0.25, 0.3) is 6.08 Å². The minimum atomic E-state index is 0.423. The SMILES string of the molecule is COc1ccc(C(CNC/C=C/c2ccccc2)N2CCCCC2)cc1. The second-order valence-corrected chi connectivity index (χ2v) is 6.86. The van der Waals surface area contributed by atoms with Crippen LogP contribution in [0.15, 0.2) is 60.7 Å². The van der Waals surface area contributed by atoms with E-state index in [0.717, 1.165) is 18.8 Å². The first kappa shape index (κ1) is 18.7. The molecule has 0 bridgehead atoms. The first-order valence-electron chi connectivity index (χ1n) is 9.67. The Balaban J connectivity index is 1.58. The molecule has 1 fully saturated rings. The van der Waals surface area contributed by atoms with Crippen LogP contribution in [0.3, 0.4) is 0 Å². The van der Waals surface area contributed by atoms with Crippen molar-refractivity contribution < 1.29 is 4.74 Å². The number of rotatable bonds is 8. The van der Waals surface area contributed by atoms with E-state index in [1.54, 1.807) is 7.11 Å². The lowest BCUT2D eigenvalue weighted by atomic mass is 10.0. The van der Waals surface area contributed by atoms with Crippen molar-refractivity contribution in [3.05, 3.63) is 71.8 Å². The second-order valence-electron chi connectivity index (χ2n) is 6.86. The molecular weight excluding hydrogens is 320 g/mol. The van der Waals surface area contributed by atoms with Crippen LogP contribution in [0.4, 0.5) is 0 Å². The monoisotopic (exact) mass is 350 g/mol. The molecule has 2 aromatic rings. The Labute approximate surface area is 157 Å². The molecule has 0 spiro atoms. The topological polar surface area (TPSA) is 24.5 Å². The molecule has 1 N–H and O–H groups in total. The zero-order valence-corrected chi connectivity index (χ0v) is 15.7. The van der Waals surface area contributed by atoms with Gasteiger partial charge in [0.1, 0.15) is 5.75 Å². The highest BCUT2D eigenvalue weighted by atomic mass is 16.5. The van der Waals surface area contributed by atoms with E-state index in [-0.39, 0.29) is 0 Å². The molecular formula is C23H30N2O. The van der Waals surface area contributed by atoms with E-state index in [1.807, 2.05) is 6.07 Å². The fourth-order valence-electron chi connectivity index (χ4n) is 3.58. The van der Waals surface area contributed by atoms with E-state index < -0.39 is 0 Å². The van der Waals surface area contributed by atoms with Crippen LogP contribution in [-0.2, 0) is 0 Å². The summed E-state index contributed by atoms with van der Waals surface area (Å²) in [7, 11) is 1.72. The average molecular weight is 351 g/mol. The highest BCUT2D eigenvalue weighted by Gasteiger charge is 2.21. The number of likely N-dealkylation sites (tertiary alicyclic amines) is 1. The lowest BCUT2D eigenvalue weighted by molar-refractivity contribution is 0.161. The molecule has 0 saturated carbocycles. The van der Waals surface area contributed by atoms with Crippen molar-refractivity contribution in [2.75, 3.05) is 33.3 Å². The quantitative estimate of drug-likeness (QED) is 0.708. The Morgan fingerprint density at radius 1 is 1.00 bits per heavy atom. The summed E-state index contributed by atoms with van der Waals surface area (Å²) >= 11 is 0. The summed E-state index contributed by atoms with van der Waals surface area (Å²) in [5, 5.41) is 3.62. The molecule has 1 saturated heterocycles. The van der Waals surface area contributed by atoms with Gasteiger partial charge in [-0.05, 0) is 49.2 Å². The number of nitrogens with zero attached hydrogens (tertiary/aromatic N) is 1. The summed E-state index contributed by atoms with van der Waals surface area (Å²) in [4.78, 5) is 2.62. The summed E-state index contributed by atoms with van der Waals surface area (Å²) in [5.41, 5.74) is 2.62. The van der Waals surface area contributed by atoms with Crippen LogP contribution in [0, 0.1) is 0 Å². The van der Waals surface area contributed by atoms with Crippen molar-refractivity contribution in [1.82, 2.24) is 10.2 Å². The molecule has 3 heteroatoms. The first-order valence-corrected chi connectivity index (χ1v) is 9.67. The van der Waals surface area contributed by atoms with Gasteiger partial charge in [0.2, 0.25) is 0 Å². The summed E-state index contributed by atoms with van der Waals surface area (Å²) in [6, 6.07) is 19.4. The van der Waals surface area contributed by atoms with E-state index >= 15 is 0 Å². The van der Waals surface area contributed by atoms with Gasteiger partial charge in [0.05, 0.1) is 7.11 Å². The molecule has 1 aliphatic rings. The second kappa shape index (κ2) is 10.1. The molecule has 2 aromatic carbocycles. The Bertz CT molecular complexity index is 660. The maximum absolute atomic E-state index is 5.31. The smallest absolute Gasteiger partial charge is 0.118 e. The summed E-state index contributed by atoms with van der Waals surface area (Å²) in [6.45, 7) is 4.23. The zero-order chi connectivity index (χ0) is 18.0. The van der Waals surface area contributed by atoms with Gasteiger partial charge in [0, 0.05) is 19.1 Å². The van der Waals surface area contributed by atoms with Gasteiger partial charge in [-0.3, -0.25) is 4.90 Å². The predicted molar refractivity (Wildman–Crippen MR) is 110 cm³/mol. The molecule has 26 heavy (non-hydrogen) atoms. The van der Waals surface area contributed by atoms with Crippen molar-refractivity contribution in [1.29, 1.82) is 0 Å². The molecule has 3 nitrogen and oxygen atoms in total. The van der Waals surface area contributed by atoms with Crippen molar-refractivity contribution in [2.24, 2.45) is 0 Å². The minimum absolute atomic E-state index is 0.423. The lowest BCUT2D eigenvalue weighted by Crippen LogP contribution is -2.39. The molecule has 3 rings (SSSR count). The Kier molecular flexibility index (Phi) is 7.29. The van der Waals surface area contributed by atoms with Gasteiger partial charge in [0.15, 0.2) is 0 Å². The normalized spacial score (nSPS) is 16.7. The van der Waals surface area contributed by atoms with Gasteiger partial charge < -0.3 is 10.1 Å². The number of methoxy groups -OCH3 is 1. The molecule has 0 radical (unpaired) electrons. The van der Waals surface area contributed by atoms with E-state index in [4.69, 9.17) is 4.74 Å². The maximum Gasteiger partial charge on any atom is 0.118 e. The van der Waals surface area contributed by atoms with Crippen LogP contribution in [0.5, 0.6) is 5.75 Å². The number of nitrogens with one attached hydrogen (secondary N) is 1. The standard InChI is InChI=1S/C23H30N2O/c1-26-22-14-12-21(13-15-22)23(25-17-6-3-7-18-25)19-24-16-8-11-20-9-4-2-5-10-20/h2,4-5,8-15,23-24H,3,6-7,16-19H2,1H3/b11-8+. The summed E-state index contributed by atoms with van der Waals surface area (Å²) < 4.78 is 5.31. The van der Waals surface area contributed by atoms with Crippen molar-refractivity contribution in [2.45, 2.75) is 25.3 Å². The lowest BCUT2D eigenvalue weighted by Gasteiger charge is -2.35. The van der Waals surface area contributed by atoms with Gasteiger partial charge in [-0.2, -0.15) is 0 Å². The zero-order valence-electron chi connectivity index (χ0n) is 15.7. The third-order valence-electron chi connectivity index (χ3n) is 5.04.